The van der Waals surface area contributed by atoms with Crippen LogP contribution in [0.3, 0.4) is 0 Å². The number of hydrogen-bond donors (Lipinski definition) is 0. The standard InChI is InChI=1S/C22H22O7/c1-25-17-7-6-15(13-4-5-16-14(10-13)11-28-20(16)23)18(19(17)26-2)29-12-22(8-9-22)21(24)27-3/h4-7,10H,8-9,11-12H2,1-3H3/i1D3,2D3. The predicted octanol–water partition coefficient (Wildman–Crippen LogP) is 3.37. The van der Waals surface area contributed by atoms with Gasteiger partial charge in [0.05, 0.1) is 35.0 Å². The summed E-state index contributed by atoms with van der Waals surface area (Å²) in [4.78, 5) is 24.1. The van der Waals surface area contributed by atoms with E-state index >= 15 is 0 Å². The molecule has 4 rings (SSSR count). The Morgan fingerprint density at radius 1 is 1.14 bits per heavy atom. The van der Waals surface area contributed by atoms with Crippen molar-refractivity contribution in [1.82, 2.24) is 0 Å². The summed E-state index contributed by atoms with van der Waals surface area (Å²) < 4.78 is 71.1. The molecular formula is C22H22O7. The molecule has 0 aromatic heterocycles. The van der Waals surface area contributed by atoms with Crippen LogP contribution in [-0.2, 0) is 20.9 Å². The van der Waals surface area contributed by atoms with Crippen molar-refractivity contribution in [3.63, 3.8) is 0 Å². The highest BCUT2D eigenvalue weighted by Gasteiger charge is 2.52. The fourth-order valence-corrected chi connectivity index (χ4v) is 3.38. The minimum Gasteiger partial charge on any atom is -0.493 e. The van der Waals surface area contributed by atoms with E-state index in [-0.39, 0.29) is 24.7 Å². The lowest BCUT2D eigenvalue weighted by Crippen LogP contribution is -2.25. The van der Waals surface area contributed by atoms with Crippen LogP contribution >= 0.6 is 0 Å². The Balaban J connectivity index is 1.84. The molecule has 1 heterocycles. The van der Waals surface area contributed by atoms with Gasteiger partial charge in [0.2, 0.25) is 5.75 Å². The van der Waals surface area contributed by atoms with Gasteiger partial charge in [0.15, 0.2) is 11.5 Å². The van der Waals surface area contributed by atoms with Gasteiger partial charge in [0.1, 0.15) is 18.6 Å². The third-order valence-electron chi connectivity index (χ3n) is 5.25. The molecule has 0 atom stereocenters. The Kier molecular flexibility index (Phi) is 3.30. The van der Waals surface area contributed by atoms with Gasteiger partial charge in [-0.1, -0.05) is 6.07 Å². The fraction of sp³-hybridized carbons (Fsp3) is 0.364. The Bertz CT molecular complexity index is 1170. The molecule has 0 bridgehead atoms. The summed E-state index contributed by atoms with van der Waals surface area (Å²) in [6.45, 7) is -0.0870. The molecule has 7 heteroatoms. The van der Waals surface area contributed by atoms with Crippen LogP contribution in [0.15, 0.2) is 30.3 Å². The second kappa shape index (κ2) is 7.31. The first kappa shape index (κ1) is 13.1. The summed E-state index contributed by atoms with van der Waals surface area (Å²) in [6.07, 6.45) is 1.02. The van der Waals surface area contributed by atoms with E-state index in [9.17, 15) is 9.59 Å². The van der Waals surface area contributed by atoms with Crippen LogP contribution < -0.4 is 14.2 Å². The van der Waals surface area contributed by atoms with E-state index in [1.54, 1.807) is 18.2 Å². The zero-order valence-electron chi connectivity index (χ0n) is 21.6. The molecule has 0 radical (unpaired) electrons. The van der Waals surface area contributed by atoms with E-state index in [0.717, 1.165) is 0 Å². The first-order valence-corrected chi connectivity index (χ1v) is 8.89. The molecule has 0 saturated heterocycles. The van der Waals surface area contributed by atoms with Crippen molar-refractivity contribution in [3.05, 3.63) is 41.5 Å². The summed E-state index contributed by atoms with van der Waals surface area (Å²) in [6, 6.07) is 7.61. The van der Waals surface area contributed by atoms with Crippen molar-refractivity contribution in [2.24, 2.45) is 5.41 Å². The lowest BCUT2D eigenvalue weighted by atomic mass is 9.99. The Labute approximate surface area is 176 Å². The largest absolute Gasteiger partial charge is 0.493 e. The van der Waals surface area contributed by atoms with Crippen molar-refractivity contribution in [2.45, 2.75) is 19.4 Å². The van der Waals surface area contributed by atoms with Gasteiger partial charge < -0.3 is 23.7 Å². The molecule has 152 valence electrons. The molecule has 1 aliphatic heterocycles. The summed E-state index contributed by atoms with van der Waals surface area (Å²) >= 11 is 0. The van der Waals surface area contributed by atoms with Crippen LogP contribution in [0.2, 0.25) is 0 Å². The fourth-order valence-electron chi connectivity index (χ4n) is 3.38. The van der Waals surface area contributed by atoms with E-state index in [0.29, 0.717) is 35.1 Å². The maximum atomic E-state index is 12.2. The maximum absolute atomic E-state index is 12.2. The summed E-state index contributed by atoms with van der Waals surface area (Å²) in [5.41, 5.74) is 0.983. The minimum atomic E-state index is -2.97. The van der Waals surface area contributed by atoms with E-state index in [4.69, 9.17) is 31.9 Å². The number of methoxy groups -OCH3 is 3. The number of rotatable bonds is 7. The SMILES string of the molecule is [2H]C([2H])([2H])Oc1ccc(-c2ccc3c(c2)COC3=O)c(OCC2(C(=O)OC)CC2)c1OC([2H])([2H])[2H]. The highest BCUT2D eigenvalue weighted by atomic mass is 16.5. The molecule has 2 aromatic rings. The molecule has 1 aliphatic carbocycles. The molecule has 7 nitrogen and oxygen atoms in total. The third-order valence-corrected chi connectivity index (χ3v) is 5.25. The van der Waals surface area contributed by atoms with Gasteiger partial charge in [0, 0.05) is 11.1 Å². The first-order chi connectivity index (χ1) is 16.3. The van der Waals surface area contributed by atoms with Gasteiger partial charge in [-0.25, -0.2) is 4.79 Å². The average molecular weight is 404 g/mol. The molecule has 0 N–H and O–H groups in total. The van der Waals surface area contributed by atoms with Crippen LogP contribution in [0.1, 0.15) is 37.0 Å². The van der Waals surface area contributed by atoms with Crippen molar-refractivity contribution >= 4 is 11.9 Å². The highest BCUT2D eigenvalue weighted by Crippen LogP contribution is 2.50. The molecule has 29 heavy (non-hydrogen) atoms. The van der Waals surface area contributed by atoms with Crippen LogP contribution in [0.25, 0.3) is 11.1 Å². The van der Waals surface area contributed by atoms with E-state index in [1.165, 1.54) is 19.2 Å². The topological polar surface area (TPSA) is 80.3 Å². The summed E-state index contributed by atoms with van der Waals surface area (Å²) in [5, 5.41) is 0. The van der Waals surface area contributed by atoms with Crippen molar-refractivity contribution in [2.75, 3.05) is 27.8 Å². The highest BCUT2D eigenvalue weighted by molar-refractivity contribution is 5.94. The Morgan fingerprint density at radius 2 is 1.93 bits per heavy atom. The van der Waals surface area contributed by atoms with E-state index in [2.05, 4.69) is 0 Å². The van der Waals surface area contributed by atoms with Crippen molar-refractivity contribution < 1.29 is 41.5 Å². The molecule has 2 aliphatic rings. The monoisotopic (exact) mass is 404 g/mol. The number of cyclic esters (lactones) is 1. The number of esters is 2. The Morgan fingerprint density at radius 3 is 2.66 bits per heavy atom. The molecule has 1 fully saturated rings. The minimum absolute atomic E-state index is 0.0719. The summed E-state index contributed by atoms with van der Waals surface area (Å²) in [5.74, 6) is -1.87. The molecule has 0 spiro atoms. The first-order valence-electron chi connectivity index (χ1n) is 11.9. The van der Waals surface area contributed by atoms with Crippen molar-refractivity contribution in [3.8, 4) is 28.4 Å². The van der Waals surface area contributed by atoms with E-state index in [1.807, 2.05) is 0 Å². The number of hydrogen-bond acceptors (Lipinski definition) is 7. The second-order valence-corrected chi connectivity index (χ2v) is 6.98. The van der Waals surface area contributed by atoms with Crippen LogP contribution in [0.4, 0.5) is 0 Å². The molecule has 0 amide bonds. The van der Waals surface area contributed by atoms with Crippen LogP contribution in [0.5, 0.6) is 17.2 Å². The average Bonchev–Trinajstić information content (AvgIpc) is 3.47. The van der Waals surface area contributed by atoms with Gasteiger partial charge in [0.25, 0.3) is 0 Å². The van der Waals surface area contributed by atoms with Gasteiger partial charge in [-0.05, 0) is 42.7 Å². The third kappa shape index (κ3) is 3.26. The van der Waals surface area contributed by atoms with Crippen LogP contribution in [0, 0.1) is 5.41 Å². The van der Waals surface area contributed by atoms with Crippen LogP contribution in [-0.4, -0.2) is 39.7 Å². The molecular weight excluding hydrogens is 376 g/mol. The lowest BCUT2D eigenvalue weighted by Gasteiger charge is -2.20. The van der Waals surface area contributed by atoms with E-state index < -0.39 is 37.2 Å². The lowest BCUT2D eigenvalue weighted by molar-refractivity contribution is -0.148. The molecule has 1 saturated carbocycles. The quantitative estimate of drug-likeness (QED) is 0.655. The smallest absolute Gasteiger partial charge is 0.338 e. The maximum Gasteiger partial charge on any atom is 0.338 e. The number of carbonyl (C=O) groups excluding carboxylic acids is 2. The normalized spacial score (nSPS) is 19.8. The number of carbonyl (C=O) groups is 2. The number of ether oxygens (including phenoxy) is 5. The number of fused-ring (bicyclic) bond motifs is 1. The van der Waals surface area contributed by atoms with Gasteiger partial charge in [-0.2, -0.15) is 0 Å². The van der Waals surface area contributed by atoms with Crippen molar-refractivity contribution in [1.29, 1.82) is 0 Å². The molecule has 0 unspecified atom stereocenters. The van der Waals surface area contributed by atoms with Gasteiger partial charge in [-0.3, -0.25) is 4.79 Å². The predicted molar refractivity (Wildman–Crippen MR) is 103 cm³/mol. The zero-order valence-corrected chi connectivity index (χ0v) is 15.6. The van der Waals surface area contributed by atoms with Gasteiger partial charge in [-0.15, -0.1) is 0 Å². The second-order valence-electron chi connectivity index (χ2n) is 6.98. The zero-order chi connectivity index (χ0) is 25.6. The summed E-state index contributed by atoms with van der Waals surface area (Å²) in [7, 11) is -4.61. The Hall–Kier alpha value is -3.22. The molecule has 2 aromatic carbocycles. The van der Waals surface area contributed by atoms with Gasteiger partial charge >= 0.3 is 11.9 Å². The number of benzene rings is 2.